The second kappa shape index (κ2) is 12.5. The number of H-pyrrole nitrogens is 1. The molecule has 2 heterocycles. The number of hydrogen-bond donors (Lipinski definition) is 2. The van der Waals surface area contributed by atoms with Gasteiger partial charge in [-0.2, -0.15) is 0 Å². The SMILES string of the molecule is CNC(=O)CO[C@@H]1[C@H](OC(=O)CCC(=O)OC)[C@@H]([C@H](C)CP(C)(C)=O)O[C@H]1n1cc(C)c(=O)[nH]c1=O. The topological polar surface area (TPSA) is 172 Å². The van der Waals surface area contributed by atoms with Crippen LogP contribution in [0.25, 0.3) is 0 Å². The highest BCUT2D eigenvalue weighted by atomic mass is 31.2. The average Bonchev–Trinajstić information content (AvgIpc) is 3.14. The number of nitrogens with one attached hydrogen (secondary N) is 2. The van der Waals surface area contributed by atoms with E-state index in [1.165, 1.54) is 27.3 Å². The van der Waals surface area contributed by atoms with Crippen LogP contribution in [-0.4, -0.2) is 86.0 Å². The summed E-state index contributed by atoms with van der Waals surface area (Å²) in [5.41, 5.74) is -1.14. The van der Waals surface area contributed by atoms with Gasteiger partial charge in [-0.25, -0.2) is 4.79 Å². The molecule has 0 radical (unpaired) electrons. The largest absolute Gasteiger partial charge is 0.469 e. The number of amides is 1. The maximum Gasteiger partial charge on any atom is 0.330 e. The molecular formula is C22H34N3O10P. The van der Waals surface area contributed by atoms with Crippen molar-refractivity contribution < 1.29 is 37.9 Å². The van der Waals surface area contributed by atoms with Gasteiger partial charge in [0.05, 0.1) is 27.1 Å². The van der Waals surface area contributed by atoms with Crippen LogP contribution in [0, 0.1) is 12.8 Å². The summed E-state index contributed by atoms with van der Waals surface area (Å²) < 4.78 is 35.8. The van der Waals surface area contributed by atoms with Crippen molar-refractivity contribution in [1.82, 2.24) is 14.9 Å². The fourth-order valence-electron chi connectivity index (χ4n) is 3.99. The molecule has 36 heavy (non-hydrogen) atoms. The molecule has 0 unspecified atom stereocenters. The number of hydrogen-bond acceptors (Lipinski definition) is 10. The molecule has 13 nitrogen and oxygen atoms in total. The van der Waals surface area contributed by atoms with Crippen molar-refractivity contribution in [3.05, 3.63) is 32.6 Å². The summed E-state index contributed by atoms with van der Waals surface area (Å²) in [5, 5.41) is 2.41. The van der Waals surface area contributed by atoms with Crippen molar-refractivity contribution >= 4 is 25.0 Å². The predicted molar refractivity (Wildman–Crippen MR) is 128 cm³/mol. The van der Waals surface area contributed by atoms with Crippen LogP contribution < -0.4 is 16.6 Å². The Balaban J connectivity index is 2.50. The second-order valence-electron chi connectivity index (χ2n) is 9.18. The highest BCUT2D eigenvalue weighted by molar-refractivity contribution is 7.62. The molecule has 2 rings (SSSR count). The van der Waals surface area contributed by atoms with E-state index in [2.05, 4.69) is 15.0 Å². The van der Waals surface area contributed by atoms with Crippen molar-refractivity contribution in [3.63, 3.8) is 0 Å². The first kappa shape index (κ1) is 29.5. The van der Waals surface area contributed by atoms with Crippen LogP contribution in [0.3, 0.4) is 0 Å². The molecule has 1 aliphatic rings. The number of likely N-dealkylation sites (N-methyl/N-ethyl adjacent to an activating group) is 1. The lowest BCUT2D eigenvalue weighted by molar-refractivity contribution is -0.161. The Morgan fingerprint density at radius 3 is 2.42 bits per heavy atom. The first-order valence-corrected chi connectivity index (χ1v) is 14.2. The summed E-state index contributed by atoms with van der Waals surface area (Å²) in [7, 11) is 0.0727. The minimum atomic E-state index is -2.54. The summed E-state index contributed by atoms with van der Waals surface area (Å²) in [5.74, 6) is -2.24. The number of ether oxygens (including phenoxy) is 4. The van der Waals surface area contributed by atoms with Crippen molar-refractivity contribution in [2.45, 2.75) is 51.2 Å². The third-order valence-electron chi connectivity index (χ3n) is 5.65. The second-order valence-corrected chi connectivity index (χ2v) is 12.7. The van der Waals surface area contributed by atoms with Crippen LogP contribution >= 0.6 is 7.14 Å². The van der Waals surface area contributed by atoms with Crippen molar-refractivity contribution in [2.75, 3.05) is 40.3 Å². The lowest BCUT2D eigenvalue weighted by Crippen LogP contribution is -2.44. The lowest BCUT2D eigenvalue weighted by atomic mass is 9.99. The molecule has 1 aromatic rings. The van der Waals surface area contributed by atoms with E-state index in [1.54, 1.807) is 20.3 Å². The van der Waals surface area contributed by atoms with Crippen LogP contribution in [0.4, 0.5) is 0 Å². The Kier molecular flexibility index (Phi) is 10.2. The standard InChI is InChI=1S/C22H34N3O10P/c1-12-9-25(22(30)24-20(12)29)21-19(33-10-14(26)23-3)18(34-16(28)8-7-15(27)32-4)17(35-21)13(2)11-36(5,6)31/h9,13,17-19,21H,7-8,10-11H2,1-6H3,(H,23,26)(H,24,29,30)/t13-,17-,18-,19-,21-/m1/s1. The van der Waals surface area contributed by atoms with Crippen molar-refractivity contribution in [3.8, 4) is 0 Å². The van der Waals surface area contributed by atoms with Crippen LogP contribution in [0.5, 0.6) is 0 Å². The van der Waals surface area contributed by atoms with Gasteiger partial charge in [-0.1, -0.05) is 6.92 Å². The molecule has 14 heteroatoms. The Morgan fingerprint density at radius 1 is 1.19 bits per heavy atom. The Labute approximate surface area is 208 Å². The van der Waals surface area contributed by atoms with E-state index in [0.717, 1.165) is 4.57 Å². The van der Waals surface area contributed by atoms with Crippen molar-refractivity contribution in [2.24, 2.45) is 5.92 Å². The number of esters is 2. The summed E-state index contributed by atoms with van der Waals surface area (Å²) >= 11 is 0. The monoisotopic (exact) mass is 531 g/mol. The summed E-state index contributed by atoms with van der Waals surface area (Å²) in [6.45, 7) is 6.05. The number of methoxy groups -OCH3 is 1. The maximum absolute atomic E-state index is 12.7. The first-order valence-electron chi connectivity index (χ1n) is 11.4. The molecule has 0 aromatic carbocycles. The van der Waals surface area contributed by atoms with Gasteiger partial charge in [0.25, 0.3) is 5.56 Å². The van der Waals surface area contributed by atoms with E-state index >= 15 is 0 Å². The fraction of sp³-hybridized carbons (Fsp3) is 0.682. The Hall–Kier alpha value is -2.76. The highest BCUT2D eigenvalue weighted by Crippen LogP contribution is 2.43. The molecule has 1 aromatic heterocycles. The van der Waals surface area contributed by atoms with Gasteiger partial charge in [-0.3, -0.25) is 28.7 Å². The predicted octanol–water partition coefficient (Wildman–Crippen LogP) is -0.00258. The number of rotatable bonds is 11. The molecule has 1 saturated heterocycles. The minimum Gasteiger partial charge on any atom is -0.469 e. The first-order chi connectivity index (χ1) is 16.8. The molecule has 1 fully saturated rings. The van der Waals surface area contributed by atoms with Crippen LogP contribution in [0.15, 0.2) is 15.8 Å². The third kappa shape index (κ3) is 7.87. The number of aromatic nitrogens is 2. The normalized spacial score (nSPS) is 22.6. The molecule has 1 amide bonds. The molecule has 1 aliphatic heterocycles. The van der Waals surface area contributed by atoms with Gasteiger partial charge in [0, 0.05) is 25.0 Å². The number of aryl methyl sites for hydroxylation is 1. The van der Waals surface area contributed by atoms with E-state index in [0.29, 0.717) is 0 Å². The lowest BCUT2D eigenvalue weighted by Gasteiger charge is -2.27. The van der Waals surface area contributed by atoms with E-state index in [1.807, 2.05) is 0 Å². The highest BCUT2D eigenvalue weighted by Gasteiger charge is 2.51. The molecule has 0 bridgehead atoms. The van der Waals surface area contributed by atoms with Gasteiger partial charge in [-0.05, 0) is 26.2 Å². The minimum absolute atomic E-state index is 0.214. The van der Waals surface area contributed by atoms with E-state index in [4.69, 9.17) is 14.2 Å². The zero-order valence-electron chi connectivity index (χ0n) is 21.3. The molecular weight excluding hydrogens is 497 g/mol. The molecule has 0 saturated carbocycles. The Bertz CT molecular complexity index is 1120. The third-order valence-corrected chi connectivity index (χ3v) is 7.10. The summed E-state index contributed by atoms with van der Waals surface area (Å²) in [4.78, 5) is 62.8. The quantitative estimate of drug-likeness (QED) is 0.292. The van der Waals surface area contributed by atoms with E-state index < -0.39 is 73.3 Å². The summed E-state index contributed by atoms with van der Waals surface area (Å²) in [6, 6.07) is 0. The van der Waals surface area contributed by atoms with Gasteiger partial charge in [0.1, 0.15) is 18.8 Å². The summed E-state index contributed by atoms with van der Waals surface area (Å²) in [6.07, 6.45) is -3.30. The number of carbonyl (C=O) groups is 3. The maximum atomic E-state index is 12.7. The van der Waals surface area contributed by atoms with Crippen LogP contribution in [0.1, 0.15) is 31.6 Å². The fourth-order valence-corrected chi connectivity index (χ4v) is 5.59. The van der Waals surface area contributed by atoms with Crippen molar-refractivity contribution in [1.29, 1.82) is 0 Å². The zero-order chi connectivity index (χ0) is 27.2. The van der Waals surface area contributed by atoms with Crippen LogP contribution in [-0.2, 0) is 37.9 Å². The van der Waals surface area contributed by atoms with Gasteiger partial charge in [0.2, 0.25) is 5.91 Å². The van der Waals surface area contributed by atoms with E-state index in [9.17, 15) is 28.5 Å². The van der Waals surface area contributed by atoms with Gasteiger partial charge < -0.3 is 28.8 Å². The zero-order valence-corrected chi connectivity index (χ0v) is 22.2. The number of nitrogens with zero attached hydrogens (tertiary/aromatic N) is 1. The molecule has 0 spiro atoms. The smallest absolute Gasteiger partial charge is 0.330 e. The van der Waals surface area contributed by atoms with E-state index in [-0.39, 0.29) is 24.6 Å². The molecule has 202 valence electrons. The van der Waals surface area contributed by atoms with Gasteiger partial charge >= 0.3 is 17.6 Å². The number of carbonyl (C=O) groups excluding carboxylic acids is 3. The van der Waals surface area contributed by atoms with Gasteiger partial charge in [0.15, 0.2) is 12.3 Å². The average molecular weight is 531 g/mol. The van der Waals surface area contributed by atoms with Gasteiger partial charge in [-0.15, -0.1) is 0 Å². The molecule has 5 atom stereocenters. The van der Waals surface area contributed by atoms with Crippen LogP contribution in [0.2, 0.25) is 0 Å². The molecule has 0 aliphatic carbocycles. The molecule has 2 N–H and O–H groups in total. The number of aromatic amines is 1. The Morgan fingerprint density at radius 2 is 1.83 bits per heavy atom.